The molecule has 7 heteroatoms. The SMILES string of the molecule is CCOC(=O)C(C1=NC(C)(C)CC(C)O1)C(C[N+](=O)[O-])c1ccccc1. The number of esters is 1. The van der Waals surface area contributed by atoms with E-state index in [2.05, 4.69) is 4.99 Å². The molecule has 0 spiro atoms. The van der Waals surface area contributed by atoms with Crippen molar-refractivity contribution in [2.45, 2.75) is 51.7 Å². The molecular weight excluding hydrogens is 336 g/mol. The molecule has 142 valence electrons. The van der Waals surface area contributed by atoms with Gasteiger partial charge in [0.15, 0.2) is 5.90 Å². The van der Waals surface area contributed by atoms with Gasteiger partial charge in [0, 0.05) is 11.3 Å². The van der Waals surface area contributed by atoms with Crippen LogP contribution in [0.2, 0.25) is 0 Å². The van der Waals surface area contributed by atoms with Crippen LogP contribution < -0.4 is 0 Å². The fourth-order valence-electron chi connectivity index (χ4n) is 3.40. The van der Waals surface area contributed by atoms with Gasteiger partial charge in [0.2, 0.25) is 6.54 Å². The molecule has 1 aliphatic rings. The van der Waals surface area contributed by atoms with Gasteiger partial charge in [0.25, 0.3) is 0 Å². The minimum absolute atomic E-state index is 0.138. The van der Waals surface area contributed by atoms with E-state index in [-0.39, 0.29) is 18.6 Å². The highest BCUT2D eigenvalue weighted by molar-refractivity contribution is 5.99. The number of carbonyl (C=O) groups is 1. The molecule has 1 heterocycles. The quantitative estimate of drug-likeness (QED) is 0.422. The van der Waals surface area contributed by atoms with Crippen LogP contribution in [0.5, 0.6) is 0 Å². The number of ether oxygens (including phenoxy) is 2. The van der Waals surface area contributed by atoms with Crippen molar-refractivity contribution in [3.63, 3.8) is 0 Å². The van der Waals surface area contributed by atoms with E-state index in [9.17, 15) is 14.9 Å². The number of nitro groups is 1. The highest BCUT2D eigenvalue weighted by Crippen LogP contribution is 2.33. The van der Waals surface area contributed by atoms with Crippen molar-refractivity contribution in [3.05, 3.63) is 46.0 Å². The molecule has 0 aromatic heterocycles. The van der Waals surface area contributed by atoms with Crippen LogP contribution in [0.3, 0.4) is 0 Å². The summed E-state index contributed by atoms with van der Waals surface area (Å²) in [5.41, 5.74) is 0.276. The average Bonchev–Trinajstić information content (AvgIpc) is 2.53. The maximum Gasteiger partial charge on any atom is 0.319 e. The summed E-state index contributed by atoms with van der Waals surface area (Å²) in [6, 6.07) is 8.96. The molecule has 3 atom stereocenters. The zero-order valence-electron chi connectivity index (χ0n) is 15.7. The molecule has 1 aromatic carbocycles. The molecule has 26 heavy (non-hydrogen) atoms. The minimum Gasteiger partial charge on any atom is -0.477 e. The summed E-state index contributed by atoms with van der Waals surface area (Å²) in [7, 11) is 0. The number of nitrogens with zero attached hydrogens (tertiary/aromatic N) is 2. The van der Waals surface area contributed by atoms with Gasteiger partial charge in [-0.05, 0) is 33.3 Å². The fraction of sp³-hybridized carbons (Fsp3) is 0.579. The van der Waals surface area contributed by atoms with Gasteiger partial charge in [-0.15, -0.1) is 0 Å². The maximum atomic E-state index is 12.8. The fourth-order valence-corrected chi connectivity index (χ4v) is 3.40. The molecule has 7 nitrogen and oxygen atoms in total. The van der Waals surface area contributed by atoms with Crippen molar-refractivity contribution in [2.75, 3.05) is 13.2 Å². The second kappa shape index (κ2) is 8.29. The molecule has 1 aliphatic heterocycles. The standard InChI is InChI=1S/C19H26N2O5/c1-5-25-18(22)16(17-20-19(3,4)11-13(2)26-17)15(12-21(23)24)14-9-7-6-8-10-14/h6-10,13,15-16H,5,11-12H2,1-4H3. The zero-order chi connectivity index (χ0) is 19.3. The molecule has 3 unspecified atom stereocenters. The summed E-state index contributed by atoms with van der Waals surface area (Å²) in [5, 5.41) is 11.3. The third kappa shape index (κ3) is 5.03. The molecule has 0 fully saturated rings. The first-order valence-electron chi connectivity index (χ1n) is 8.83. The molecule has 0 saturated heterocycles. The smallest absolute Gasteiger partial charge is 0.319 e. The maximum absolute atomic E-state index is 12.8. The van der Waals surface area contributed by atoms with Gasteiger partial charge >= 0.3 is 5.97 Å². The number of aliphatic imine (C=N–C) groups is 1. The van der Waals surface area contributed by atoms with Gasteiger partial charge in [-0.3, -0.25) is 14.9 Å². The van der Waals surface area contributed by atoms with Crippen LogP contribution in [0.25, 0.3) is 0 Å². The highest BCUT2D eigenvalue weighted by atomic mass is 16.6. The lowest BCUT2D eigenvalue weighted by Gasteiger charge is -2.35. The molecular formula is C19H26N2O5. The van der Waals surface area contributed by atoms with E-state index in [0.29, 0.717) is 12.0 Å². The molecule has 0 saturated carbocycles. The third-order valence-electron chi connectivity index (χ3n) is 4.30. The molecule has 2 rings (SSSR count). The van der Waals surface area contributed by atoms with Crippen molar-refractivity contribution in [2.24, 2.45) is 10.9 Å². The van der Waals surface area contributed by atoms with Gasteiger partial charge in [0.1, 0.15) is 5.92 Å². The Morgan fingerprint density at radius 3 is 2.62 bits per heavy atom. The lowest BCUT2D eigenvalue weighted by molar-refractivity contribution is -0.484. The Kier molecular flexibility index (Phi) is 6.34. The molecule has 1 aromatic rings. The topological polar surface area (TPSA) is 91.0 Å². The Hall–Kier alpha value is -2.44. The van der Waals surface area contributed by atoms with E-state index in [1.165, 1.54) is 0 Å². The zero-order valence-corrected chi connectivity index (χ0v) is 15.7. The number of hydrogen-bond acceptors (Lipinski definition) is 6. The van der Waals surface area contributed by atoms with Crippen LogP contribution >= 0.6 is 0 Å². The minimum atomic E-state index is -0.954. The van der Waals surface area contributed by atoms with Crippen molar-refractivity contribution in [1.29, 1.82) is 0 Å². The van der Waals surface area contributed by atoms with E-state index in [1.54, 1.807) is 31.2 Å². The Morgan fingerprint density at radius 2 is 2.08 bits per heavy atom. The first-order valence-corrected chi connectivity index (χ1v) is 8.83. The molecule has 0 amide bonds. The Morgan fingerprint density at radius 1 is 1.42 bits per heavy atom. The van der Waals surface area contributed by atoms with E-state index >= 15 is 0 Å². The van der Waals surface area contributed by atoms with Crippen LogP contribution in [-0.2, 0) is 14.3 Å². The number of carbonyl (C=O) groups excluding carboxylic acids is 1. The lowest BCUT2D eigenvalue weighted by atomic mass is 9.84. The Labute approximate surface area is 153 Å². The van der Waals surface area contributed by atoms with Crippen molar-refractivity contribution >= 4 is 11.9 Å². The van der Waals surface area contributed by atoms with E-state index < -0.39 is 34.8 Å². The number of rotatable bonds is 7. The van der Waals surface area contributed by atoms with Gasteiger partial charge < -0.3 is 9.47 Å². The van der Waals surface area contributed by atoms with E-state index in [0.717, 1.165) is 0 Å². The van der Waals surface area contributed by atoms with Crippen molar-refractivity contribution in [3.8, 4) is 0 Å². The van der Waals surface area contributed by atoms with Crippen LogP contribution in [-0.4, -0.2) is 41.6 Å². The lowest BCUT2D eigenvalue weighted by Crippen LogP contribution is -2.43. The summed E-state index contributed by atoms with van der Waals surface area (Å²) in [5.74, 6) is -2.00. The average molecular weight is 362 g/mol. The Balaban J connectivity index is 2.52. The number of hydrogen-bond donors (Lipinski definition) is 0. The van der Waals surface area contributed by atoms with Crippen LogP contribution in [0.15, 0.2) is 35.3 Å². The molecule has 0 N–H and O–H groups in total. The van der Waals surface area contributed by atoms with E-state index in [1.807, 2.05) is 26.8 Å². The van der Waals surface area contributed by atoms with Crippen LogP contribution in [0, 0.1) is 16.0 Å². The monoisotopic (exact) mass is 362 g/mol. The summed E-state index contributed by atoms with van der Waals surface area (Å²) >= 11 is 0. The van der Waals surface area contributed by atoms with Gasteiger partial charge in [-0.1, -0.05) is 30.3 Å². The Bertz CT molecular complexity index is 672. The second-order valence-electron chi connectivity index (χ2n) is 7.16. The largest absolute Gasteiger partial charge is 0.477 e. The van der Waals surface area contributed by atoms with Crippen LogP contribution in [0.1, 0.15) is 45.6 Å². The number of benzene rings is 1. The molecule has 0 radical (unpaired) electrons. The predicted molar refractivity (Wildman–Crippen MR) is 97.8 cm³/mol. The van der Waals surface area contributed by atoms with Crippen molar-refractivity contribution in [1.82, 2.24) is 0 Å². The second-order valence-corrected chi connectivity index (χ2v) is 7.16. The molecule has 0 bridgehead atoms. The molecule has 0 aliphatic carbocycles. The predicted octanol–water partition coefficient (Wildman–Crippen LogP) is 3.21. The van der Waals surface area contributed by atoms with Gasteiger partial charge in [-0.2, -0.15) is 0 Å². The van der Waals surface area contributed by atoms with Gasteiger partial charge in [0.05, 0.1) is 24.2 Å². The van der Waals surface area contributed by atoms with Crippen molar-refractivity contribution < 1.29 is 19.2 Å². The first kappa shape index (κ1) is 19.9. The summed E-state index contributed by atoms with van der Waals surface area (Å²) in [6.45, 7) is 7.30. The first-order chi connectivity index (χ1) is 12.2. The summed E-state index contributed by atoms with van der Waals surface area (Å²) in [4.78, 5) is 28.2. The third-order valence-corrected chi connectivity index (χ3v) is 4.30. The van der Waals surface area contributed by atoms with Crippen LogP contribution in [0.4, 0.5) is 0 Å². The van der Waals surface area contributed by atoms with E-state index in [4.69, 9.17) is 9.47 Å². The summed E-state index contributed by atoms with van der Waals surface area (Å²) in [6.07, 6.45) is 0.568. The summed E-state index contributed by atoms with van der Waals surface area (Å²) < 4.78 is 11.1. The highest BCUT2D eigenvalue weighted by Gasteiger charge is 2.43. The van der Waals surface area contributed by atoms with Gasteiger partial charge in [-0.25, -0.2) is 4.99 Å². The normalized spacial score (nSPS) is 21.1.